The summed E-state index contributed by atoms with van der Waals surface area (Å²) in [6, 6.07) is 5.41. The molecule has 1 aliphatic heterocycles. The van der Waals surface area contributed by atoms with Crippen LogP contribution in [0.25, 0.3) is 0 Å². The molecule has 1 amide bonds. The summed E-state index contributed by atoms with van der Waals surface area (Å²) in [5.74, 6) is -2.49. The molecule has 1 aromatic carbocycles. The van der Waals surface area contributed by atoms with Crippen molar-refractivity contribution in [3.8, 4) is 0 Å². The lowest BCUT2D eigenvalue weighted by Gasteiger charge is -2.30. The fourth-order valence-electron chi connectivity index (χ4n) is 2.46. The van der Waals surface area contributed by atoms with Crippen molar-refractivity contribution in [3.05, 3.63) is 47.8 Å². The van der Waals surface area contributed by atoms with Crippen molar-refractivity contribution < 1.29 is 23.9 Å². The average molecular weight is 304 g/mol. The maximum atomic E-state index is 12.9. The van der Waals surface area contributed by atoms with Crippen molar-refractivity contribution in [2.45, 2.75) is 12.8 Å². The number of carbonyl (C=O) groups excluding carboxylic acids is 3. The van der Waals surface area contributed by atoms with Crippen LogP contribution in [-0.2, 0) is 9.59 Å². The number of halogens is 1. The lowest BCUT2D eigenvalue weighted by atomic mass is 9.89. The first-order chi connectivity index (χ1) is 10.5. The van der Waals surface area contributed by atoms with Crippen LogP contribution in [0.3, 0.4) is 0 Å². The molecule has 0 saturated carbocycles. The van der Waals surface area contributed by atoms with Crippen molar-refractivity contribution in [2.24, 2.45) is 5.92 Å². The molecule has 1 saturated heterocycles. The molecule has 2 rings (SSSR count). The summed E-state index contributed by atoms with van der Waals surface area (Å²) < 4.78 is 12.9. The minimum Gasteiger partial charge on any atom is -0.545 e. The van der Waals surface area contributed by atoms with Gasteiger partial charge in [0.1, 0.15) is 5.82 Å². The van der Waals surface area contributed by atoms with Gasteiger partial charge in [0.05, 0.1) is 5.97 Å². The standard InChI is InChI=1S/C16H16FNO4/c17-13-3-1-11(2-4-13)16(22)12-7-9-18(10-8-12)14(19)5-6-15(20)21/h1-6,12H,7-10H2,(H,20,21)/p-1/b6-5+. The van der Waals surface area contributed by atoms with Gasteiger partial charge >= 0.3 is 0 Å². The first-order valence-corrected chi connectivity index (χ1v) is 6.95. The molecule has 0 N–H and O–H groups in total. The number of benzene rings is 1. The molecule has 0 aliphatic carbocycles. The zero-order valence-electron chi connectivity index (χ0n) is 11.8. The highest BCUT2D eigenvalue weighted by atomic mass is 19.1. The maximum absolute atomic E-state index is 12.9. The van der Waals surface area contributed by atoms with Gasteiger partial charge in [-0.2, -0.15) is 0 Å². The number of Topliss-reactive ketones (excluding diaryl/α,β-unsaturated/α-hetero) is 1. The van der Waals surface area contributed by atoms with Crippen LogP contribution in [-0.4, -0.2) is 35.6 Å². The van der Waals surface area contributed by atoms with Crippen molar-refractivity contribution in [1.82, 2.24) is 4.90 Å². The second kappa shape index (κ2) is 6.98. The monoisotopic (exact) mass is 304 g/mol. The molecule has 5 nitrogen and oxygen atoms in total. The van der Waals surface area contributed by atoms with Crippen molar-refractivity contribution in [2.75, 3.05) is 13.1 Å². The second-order valence-corrected chi connectivity index (χ2v) is 5.12. The van der Waals surface area contributed by atoms with E-state index in [4.69, 9.17) is 0 Å². The zero-order valence-corrected chi connectivity index (χ0v) is 11.8. The Labute approximate surface area is 127 Å². The molecule has 116 valence electrons. The van der Waals surface area contributed by atoms with E-state index in [1.54, 1.807) is 0 Å². The molecule has 0 radical (unpaired) electrons. The Hall–Kier alpha value is -2.50. The van der Waals surface area contributed by atoms with E-state index in [0.717, 1.165) is 6.08 Å². The summed E-state index contributed by atoms with van der Waals surface area (Å²) in [5.41, 5.74) is 0.461. The second-order valence-electron chi connectivity index (χ2n) is 5.12. The Morgan fingerprint density at radius 1 is 1.09 bits per heavy atom. The normalized spacial score (nSPS) is 16.0. The number of carbonyl (C=O) groups is 3. The number of carboxylic acid groups (broad SMARTS) is 1. The molecular weight excluding hydrogens is 289 g/mol. The van der Waals surface area contributed by atoms with Gasteiger partial charge in [-0.25, -0.2) is 4.39 Å². The molecule has 6 heteroatoms. The van der Waals surface area contributed by atoms with Crippen LogP contribution in [0.2, 0.25) is 0 Å². The van der Waals surface area contributed by atoms with Crippen molar-refractivity contribution in [1.29, 1.82) is 0 Å². The maximum Gasteiger partial charge on any atom is 0.246 e. The van der Waals surface area contributed by atoms with Gasteiger partial charge in [-0.15, -0.1) is 0 Å². The molecule has 22 heavy (non-hydrogen) atoms. The number of hydrogen-bond acceptors (Lipinski definition) is 4. The quantitative estimate of drug-likeness (QED) is 0.601. The van der Waals surface area contributed by atoms with Crippen molar-refractivity contribution >= 4 is 17.7 Å². The van der Waals surface area contributed by atoms with Crippen LogP contribution in [0.15, 0.2) is 36.4 Å². The molecule has 1 aromatic rings. The highest BCUT2D eigenvalue weighted by Gasteiger charge is 2.27. The summed E-state index contributed by atoms with van der Waals surface area (Å²) >= 11 is 0. The molecule has 1 heterocycles. The lowest BCUT2D eigenvalue weighted by molar-refractivity contribution is -0.297. The van der Waals surface area contributed by atoms with Crippen molar-refractivity contribution in [3.63, 3.8) is 0 Å². The van der Waals surface area contributed by atoms with Gasteiger partial charge in [0.2, 0.25) is 5.91 Å². The first kappa shape index (κ1) is 15.9. The van der Waals surface area contributed by atoms with Gasteiger partial charge in [0.25, 0.3) is 0 Å². The minimum absolute atomic E-state index is 0.0580. The summed E-state index contributed by atoms with van der Waals surface area (Å²) in [6.07, 6.45) is 2.65. The number of hydrogen-bond donors (Lipinski definition) is 0. The number of ketones is 1. The smallest absolute Gasteiger partial charge is 0.246 e. The SMILES string of the molecule is O=C([O-])/C=C/C(=O)N1CCC(C(=O)c2ccc(F)cc2)CC1. The number of nitrogens with zero attached hydrogens (tertiary/aromatic N) is 1. The molecule has 1 fully saturated rings. The van der Waals surface area contributed by atoms with E-state index in [0.29, 0.717) is 37.6 Å². The highest BCUT2D eigenvalue weighted by molar-refractivity contribution is 5.98. The topological polar surface area (TPSA) is 77.5 Å². The van der Waals surface area contributed by atoms with E-state index < -0.39 is 17.7 Å². The molecule has 0 atom stereocenters. The Kier molecular flexibility index (Phi) is 5.04. The molecule has 0 unspecified atom stereocenters. The van der Waals surface area contributed by atoms with Crippen LogP contribution < -0.4 is 5.11 Å². The Balaban J connectivity index is 1.91. The van der Waals surface area contributed by atoms with E-state index >= 15 is 0 Å². The van der Waals surface area contributed by atoms with E-state index in [1.165, 1.54) is 29.2 Å². The number of likely N-dealkylation sites (tertiary alicyclic amines) is 1. The Morgan fingerprint density at radius 2 is 1.68 bits per heavy atom. The highest BCUT2D eigenvalue weighted by Crippen LogP contribution is 2.22. The van der Waals surface area contributed by atoms with Crippen LogP contribution in [0.5, 0.6) is 0 Å². The van der Waals surface area contributed by atoms with Gasteiger partial charge in [-0.3, -0.25) is 9.59 Å². The summed E-state index contributed by atoms with van der Waals surface area (Å²) in [7, 11) is 0. The zero-order chi connectivity index (χ0) is 16.1. The summed E-state index contributed by atoms with van der Waals surface area (Å²) in [6.45, 7) is 0.766. The number of piperidine rings is 1. The molecule has 0 aromatic heterocycles. The van der Waals surface area contributed by atoms with Gasteiger partial charge in [0.15, 0.2) is 5.78 Å². The summed E-state index contributed by atoms with van der Waals surface area (Å²) in [5, 5.41) is 10.3. The van der Waals surface area contributed by atoms with E-state index in [1.807, 2.05) is 0 Å². The Bertz CT molecular complexity index is 601. The minimum atomic E-state index is -1.42. The van der Waals surface area contributed by atoms with Crippen LogP contribution >= 0.6 is 0 Å². The molecular formula is C16H15FNO4-. The number of carboxylic acids is 1. The molecule has 0 bridgehead atoms. The third kappa shape index (κ3) is 4.00. The number of amides is 1. The van der Waals surface area contributed by atoms with E-state index in [9.17, 15) is 23.9 Å². The van der Waals surface area contributed by atoms with Crippen LogP contribution in [0, 0.1) is 11.7 Å². The average Bonchev–Trinajstić information content (AvgIpc) is 2.53. The fraction of sp³-hybridized carbons (Fsp3) is 0.312. The van der Waals surface area contributed by atoms with Gasteiger partial charge in [-0.05, 0) is 43.2 Å². The van der Waals surface area contributed by atoms with E-state index in [-0.39, 0.29) is 11.7 Å². The Morgan fingerprint density at radius 3 is 2.23 bits per heavy atom. The number of rotatable bonds is 4. The predicted octanol–water partition coefficient (Wildman–Crippen LogP) is 0.553. The largest absolute Gasteiger partial charge is 0.545 e. The van der Waals surface area contributed by atoms with E-state index in [2.05, 4.69) is 0 Å². The predicted molar refractivity (Wildman–Crippen MR) is 74.2 cm³/mol. The summed E-state index contributed by atoms with van der Waals surface area (Å²) in [4.78, 5) is 35.7. The third-order valence-electron chi connectivity index (χ3n) is 3.67. The fourth-order valence-corrected chi connectivity index (χ4v) is 2.46. The molecule has 0 spiro atoms. The van der Waals surface area contributed by atoms with Gasteiger partial charge in [0, 0.05) is 30.6 Å². The van der Waals surface area contributed by atoms with Gasteiger partial charge < -0.3 is 14.8 Å². The van der Waals surface area contributed by atoms with Gasteiger partial charge in [-0.1, -0.05) is 0 Å². The third-order valence-corrected chi connectivity index (χ3v) is 3.67. The first-order valence-electron chi connectivity index (χ1n) is 6.95. The number of aliphatic carboxylic acids is 1. The van der Waals surface area contributed by atoms with Crippen LogP contribution in [0.1, 0.15) is 23.2 Å². The molecule has 1 aliphatic rings. The van der Waals surface area contributed by atoms with Crippen LogP contribution in [0.4, 0.5) is 4.39 Å². The lowest BCUT2D eigenvalue weighted by Crippen LogP contribution is -2.39.